The molecule has 0 aromatic heterocycles. The molecule has 94 valence electrons. The summed E-state index contributed by atoms with van der Waals surface area (Å²) < 4.78 is 0. The van der Waals surface area contributed by atoms with Crippen LogP contribution in [0.3, 0.4) is 0 Å². The highest BCUT2D eigenvalue weighted by molar-refractivity contribution is 7.99. The normalized spacial score (nSPS) is 23.6. The maximum atomic E-state index is 11.7. The van der Waals surface area contributed by atoms with Crippen LogP contribution in [0.25, 0.3) is 0 Å². The van der Waals surface area contributed by atoms with Crippen molar-refractivity contribution in [2.45, 2.75) is 51.6 Å². The second-order valence-corrected chi connectivity index (χ2v) is 5.79. The van der Waals surface area contributed by atoms with Gasteiger partial charge in [0.1, 0.15) is 0 Å². The Morgan fingerprint density at radius 2 is 2.38 bits per heavy atom. The third-order valence-electron chi connectivity index (χ3n) is 2.92. The molecule has 1 aliphatic rings. The fourth-order valence-electron chi connectivity index (χ4n) is 1.93. The molecule has 0 saturated carbocycles. The van der Waals surface area contributed by atoms with Crippen LogP contribution in [-0.2, 0) is 4.79 Å². The van der Waals surface area contributed by atoms with Crippen LogP contribution in [0.2, 0.25) is 0 Å². The van der Waals surface area contributed by atoms with Gasteiger partial charge in [-0.15, -0.1) is 0 Å². The van der Waals surface area contributed by atoms with Gasteiger partial charge in [-0.3, -0.25) is 4.79 Å². The Kier molecular flexibility index (Phi) is 6.88. The predicted molar refractivity (Wildman–Crippen MR) is 70.9 cm³/mol. The molecule has 0 aromatic carbocycles. The monoisotopic (exact) mass is 244 g/mol. The molecule has 0 radical (unpaired) electrons. The lowest BCUT2D eigenvalue weighted by Gasteiger charge is -2.20. The first-order valence-corrected chi connectivity index (χ1v) is 7.51. The summed E-state index contributed by atoms with van der Waals surface area (Å²) in [5.74, 6) is 2.54. The number of hydrogen-bond acceptors (Lipinski definition) is 3. The van der Waals surface area contributed by atoms with E-state index in [1.165, 1.54) is 11.5 Å². The Balaban J connectivity index is 2.24. The second kappa shape index (κ2) is 7.96. The van der Waals surface area contributed by atoms with Gasteiger partial charge in [0.25, 0.3) is 0 Å². The molecule has 0 aromatic rings. The molecule has 0 bridgehead atoms. The highest BCUT2D eigenvalue weighted by atomic mass is 32.2. The van der Waals surface area contributed by atoms with Crippen molar-refractivity contribution in [3.05, 3.63) is 0 Å². The Hall–Kier alpha value is -0.220. The summed E-state index contributed by atoms with van der Waals surface area (Å²) in [5, 5.41) is 6.40. The Morgan fingerprint density at radius 3 is 3.12 bits per heavy atom. The first-order valence-electron chi connectivity index (χ1n) is 6.35. The highest BCUT2D eigenvalue weighted by Gasteiger charge is 2.21. The lowest BCUT2D eigenvalue weighted by Crippen LogP contribution is -2.46. The minimum atomic E-state index is 0.0316. The molecule has 0 aliphatic carbocycles. The van der Waals surface area contributed by atoms with Gasteiger partial charge in [0.05, 0.1) is 6.04 Å². The first-order chi connectivity index (χ1) is 7.74. The lowest BCUT2D eigenvalue weighted by molar-refractivity contribution is -0.123. The summed E-state index contributed by atoms with van der Waals surface area (Å²) in [6.45, 7) is 5.20. The van der Waals surface area contributed by atoms with Gasteiger partial charge >= 0.3 is 0 Å². The van der Waals surface area contributed by atoms with E-state index in [0.29, 0.717) is 6.04 Å². The first kappa shape index (κ1) is 13.8. The van der Waals surface area contributed by atoms with Crippen LogP contribution >= 0.6 is 11.8 Å². The summed E-state index contributed by atoms with van der Waals surface area (Å²) >= 11 is 1.96. The largest absolute Gasteiger partial charge is 0.355 e. The minimum absolute atomic E-state index is 0.0316. The third-order valence-corrected chi connectivity index (χ3v) is 3.85. The van der Waals surface area contributed by atoms with E-state index in [1.54, 1.807) is 0 Å². The van der Waals surface area contributed by atoms with Crippen LogP contribution in [0.5, 0.6) is 0 Å². The Labute approximate surface area is 103 Å². The summed E-state index contributed by atoms with van der Waals surface area (Å²) in [7, 11) is 0. The average Bonchev–Trinajstić information content (AvgIpc) is 2.45. The van der Waals surface area contributed by atoms with Crippen molar-refractivity contribution in [3.63, 3.8) is 0 Å². The SMILES string of the molecule is CCSCCC(C)NC1CCCCNC1=O. The van der Waals surface area contributed by atoms with E-state index in [2.05, 4.69) is 24.5 Å². The smallest absolute Gasteiger partial charge is 0.237 e. The van der Waals surface area contributed by atoms with Crippen molar-refractivity contribution in [2.75, 3.05) is 18.1 Å². The molecule has 1 heterocycles. The van der Waals surface area contributed by atoms with Crippen molar-refractivity contribution >= 4 is 17.7 Å². The molecule has 1 rings (SSSR count). The number of carbonyl (C=O) groups is 1. The standard InChI is InChI=1S/C12H24N2OS/c1-3-16-9-7-10(2)14-11-6-4-5-8-13-12(11)15/h10-11,14H,3-9H2,1-2H3,(H,13,15). The second-order valence-electron chi connectivity index (χ2n) is 4.39. The van der Waals surface area contributed by atoms with Crippen LogP contribution in [0.1, 0.15) is 39.5 Å². The molecule has 2 unspecified atom stereocenters. The number of amides is 1. The molecule has 1 aliphatic heterocycles. The van der Waals surface area contributed by atoms with E-state index in [4.69, 9.17) is 0 Å². The number of rotatable bonds is 6. The van der Waals surface area contributed by atoms with Gasteiger partial charge in [0.2, 0.25) is 5.91 Å². The molecule has 2 atom stereocenters. The topological polar surface area (TPSA) is 41.1 Å². The van der Waals surface area contributed by atoms with Crippen LogP contribution in [0.4, 0.5) is 0 Å². The molecule has 2 N–H and O–H groups in total. The number of thioether (sulfide) groups is 1. The van der Waals surface area contributed by atoms with Crippen molar-refractivity contribution in [1.82, 2.24) is 10.6 Å². The van der Waals surface area contributed by atoms with Crippen LogP contribution in [-0.4, -0.2) is 36.0 Å². The van der Waals surface area contributed by atoms with Gasteiger partial charge < -0.3 is 10.6 Å². The summed E-state index contributed by atoms with van der Waals surface area (Å²) in [5.41, 5.74) is 0. The van der Waals surface area contributed by atoms with Crippen LogP contribution in [0.15, 0.2) is 0 Å². The van der Waals surface area contributed by atoms with Crippen molar-refractivity contribution in [2.24, 2.45) is 0 Å². The number of nitrogens with one attached hydrogen (secondary N) is 2. The molecule has 3 nitrogen and oxygen atoms in total. The predicted octanol–water partition coefficient (Wildman–Crippen LogP) is 1.78. The lowest BCUT2D eigenvalue weighted by atomic mass is 10.1. The summed E-state index contributed by atoms with van der Waals surface area (Å²) in [6.07, 6.45) is 4.39. The zero-order valence-corrected chi connectivity index (χ0v) is 11.2. The van der Waals surface area contributed by atoms with E-state index < -0.39 is 0 Å². The van der Waals surface area contributed by atoms with E-state index in [-0.39, 0.29) is 11.9 Å². The Morgan fingerprint density at radius 1 is 1.56 bits per heavy atom. The molecule has 4 heteroatoms. The summed E-state index contributed by atoms with van der Waals surface area (Å²) in [4.78, 5) is 11.7. The highest BCUT2D eigenvalue weighted by Crippen LogP contribution is 2.09. The van der Waals surface area contributed by atoms with Crippen LogP contribution < -0.4 is 10.6 Å². The van der Waals surface area contributed by atoms with Crippen molar-refractivity contribution in [3.8, 4) is 0 Å². The fraction of sp³-hybridized carbons (Fsp3) is 0.917. The van der Waals surface area contributed by atoms with Gasteiger partial charge in [-0.25, -0.2) is 0 Å². The maximum absolute atomic E-state index is 11.7. The Bertz CT molecular complexity index is 211. The maximum Gasteiger partial charge on any atom is 0.237 e. The quantitative estimate of drug-likeness (QED) is 0.700. The van der Waals surface area contributed by atoms with E-state index >= 15 is 0 Å². The van der Waals surface area contributed by atoms with E-state index in [1.807, 2.05) is 11.8 Å². The zero-order valence-electron chi connectivity index (χ0n) is 10.4. The molecule has 1 saturated heterocycles. The molecular weight excluding hydrogens is 220 g/mol. The van der Waals surface area contributed by atoms with Gasteiger partial charge in [-0.1, -0.05) is 6.92 Å². The van der Waals surface area contributed by atoms with Crippen molar-refractivity contribution < 1.29 is 4.79 Å². The minimum Gasteiger partial charge on any atom is -0.355 e. The van der Waals surface area contributed by atoms with E-state index in [9.17, 15) is 4.79 Å². The molecule has 16 heavy (non-hydrogen) atoms. The molecular formula is C12H24N2OS. The van der Waals surface area contributed by atoms with Crippen LogP contribution in [0, 0.1) is 0 Å². The van der Waals surface area contributed by atoms with Gasteiger partial charge in [-0.05, 0) is 44.1 Å². The summed E-state index contributed by atoms with van der Waals surface area (Å²) in [6, 6.07) is 0.469. The van der Waals surface area contributed by atoms with E-state index in [0.717, 1.165) is 32.2 Å². The number of hydrogen-bond donors (Lipinski definition) is 2. The van der Waals surface area contributed by atoms with Gasteiger partial charge in [0, 0.05) is 12.6 Å². The molecule has 0 spiro atoms. The number of carbonyl (C=O) groups excluding carboxylic acids is 1. The van der Waals surface area contributed by atoms with Gasteiger partial charge in [0.15, 0.2) is 0 Å². The average molecular weight is 244 g/mol. The zero-order chi connectivity index (χ0) is 11.8. The fourth-order valence-corrected chi connectivity index (χ4v) is 2.74. The van der Waals surface area contributed by atoms with Gasteiger partial charge in [-0.2, -0.15) is 11.8 Å². The third kappa shape index (κ3) is 5.21. The molecule has 1 amide bonds. The van der Waals surface area contributed by atoms with Crippen molar-refractivity contribution in [1.29, 1.82) is 0 Å². The molecule has 1 fully saturated rings.